The van der Waals surface area contributed by atoms with Gasteiger partial charge in [0.2, 0.25) is 0 Å². The number of pyridine rings is 2. The van der Waals surface area contributed by atoms with Gasteiger partial charge in [-0.1, -0.05) is 13.8 Å². The molecule has 0 bridgehead atoms. The monoisotopic (exact) mass is 610 g/mol. The molecule has 45 heavy (non-hydrogen) atoms. The fourth-order valence-corrected chi connectivity index (χ4v) is 7.05. The molecule has 4 aromatic heterocycles. The summed E-state index contributed by atoms with van der Waals surface area (Å²) in [6.45, 7) is 9.48. The molecule has 1 N–H and O–H groups in total. The van der Waals surface area contributed by atoms with E-state index in [4.69, 9.17) is 4.74 Å². The Morgan fingerprint density at radius 2 is 1.91 bits per heavy atom. The lowest BCUT2D eigenvalue weighted by atomic mass is 9.90. The zero-order valence-corrected chi connectivity index (χ0v) is 26.2. The van der Waals surface area contributed by atoms with Gasteiger partial charge >= 0.3 is 0 Å². The van der Waals surface area contributed by atoms with Crippen LogP contribution in [0.5, 0.6) is 0 Å². The van der Waals surface area contributed by atoms with Crippen molar-refractivity contribution in [1.29, 1.82) is 0 Å². The molecule has 12 heteroatoms. The van der Waals surface area contributed by atoms with Gasteiger partial charge in [0.15, 0.2) is 12.1 Å². The number of carbonyl (C=O) groups is 2. The molecule has 0 fully saturated rings. The van der Waals surface area contributed by atoms with E-state index in [0.717, 1.165) is 51.0 Å². The summed E-state index contributed by atoms with van der Waals surface area (Å²) in [5, 5.41) is 7.89. The zero-order chi connectivity index (χ0) is 31.5. The summed E-state index contributed by atoms with van der Waals surface area (Å²) in [6.07, 6.45) is 7.53. The van der Waals surface area contributed by atoms with Crippen LogP contribution in [0.15, 0.2) is 41.6 Å². The predicted molar refractivity (Wildman–Crippen MR) is 170 cm³/mol. The van der Waals surface area contributed by atoms with Crippen LogP contribution in [0.2, 0.25) is 0 Å². The summed E-state index contributed by atoms with van der Waals surface area (Å²) in [4.78, 5) is 48.1. The number of fused-ring (bicyclic) bond motifs is 4. The van der Waals surface area contributed by atoms with E-state index >= 15 is 0 Å². The van der Waals surface area contributed by atoms with Gasteiger partial charge < -0.3 is 24.1 Å². The van der Waals surface area contributed by atoms with Crippen LogP contribution in [0.3, 0.4) is 0 Å². The third-order valence-corrected chi connectivity index (χ3v) is 9.25. The standard InChI is InChI=1S/C33H38N8O4/c1-33(2)14-21-12-27-32(44)40(7-6-39(27)28(21)15-33)29-17-34-16-24(25(29)20-42)22-11-26(31(43)37(3)18-22)35-30-13-23-19-38(9-10-45-4)5-8-41(23)36-30/h11-13,16-18,20H,5-10,14-15,19H2,1-4H3,(H,35,36). The molecule has 0 spiro atoms. The first-order chi connectivity index (χ1) is 21.7. The van der Waals surface area contributed by atoms with Crippen molar-refractivity contribution in [2.75, 3.05) is 43.6 Å². The summed E-state index contributed by atoms with van der Waals surface area (Å²) >= 11 is 0. The highest BCUT2D eigenvalue weighted by Crippen LogP contribution is 2.40. The van der Waals surface area contributed by atoms with Crippen LogP contribution in [0.1, 0.15) is 51.6 Å². The zero-order valence-electron chi connectivity index (χ0n) is 26.2. The van der Waals surface area contributed by atoms with E-state index in [-0.39, 0.29) is 16.9 Å². The number of aldehydes is 1. The number of aryl methyl sites for hydroxylation is 1. The van der Waals surface area contributed by atoms with Crippen LogP contribution in [-0.2, 0) is 44.3 Å². The number of nitrogens with zero attached hydrogens (tertiary/aromatic N) is 7. The molecule has 1 aliphatic carbocycles. The van der Waals surface area contributed by atoms with Crippen molar-refractivity contribution in [2.24, 2.45) is 12.5 Å². The van der Waals surface area contributed by atoms with E-state index < -0.39 is 0 Å². The first-order valence-electron chi connectivity index (χ1n) is 15.4. The van der Waals surface area contributed by atoms with Gasteiger partial charge in [0.05, 0.1) is 30.7 Å². The van der Waals surface area contributed by atoms with E-state index in [0.29, 0.717) is 59.3 Å². The normalized spacial score (nSPS) is 17.2. The van der Waals surface area contributed by atoms with Gasteiger partial charge in [-0.05, 0) is 36.0 Å². The Balaban J connectivity index is 1.18. The topological polar surface area (TPSA) is 120 Å². The molecular formula is C33H38N8O4. The summed E-state index contributed by atoms with van der Waals surface area (Å²) in [5.74, 6) is 0.440. The maximum Gasteiger partial charge on any atom is 0.275 e. The van der Waals surface area contributed by atoms with Crippen LogP contribution < -0.4 is 15.8 Å². The number of ether oxygens (including phenoxy) is 1. The summed E-state index contributed by atoms with van der Waals surface area (Å²) in [7, 11) is 3.37. The second-order valence-electron chi connectivity index (χ2n) is 13.1. The van der Waals surface area contributed by atoms with Gasteiger partial charge in [0.1, 0.15) is 11.4 Å². The fraction of sp³-hybridized carbons (Fsp3) is 0.424. The van der Waals surface area contributed by atoms with Crippen molar-refractivity contribution in [3.8, 4) is 11.1 Å². The number of anilines is 3. The Kier molecular flexibility index (Phi) is 7.20. The van der Waals surface area contributed by atoms with Crippen molar-refractivity contribution in [1.82, 2.24) is 28.8 Å². The number of aromatic nitrogens is 5. The van der Waals surface area contributed by atoms with Gasteiger partial charge in [-0.3, -0.25) is 28.9 Å². The Morgan fingerprint density at radius 3 is 2.71 bits per heavy atom. The molecule has 7 rings (SSSR count). The molecule has 3 aliphatic rings. The SMILES string of the molecule is COCCN1CCn2nc(Nc3cc(-c4cncc(N5CCn6c(cc7c6CC(C)(C)C7)C5=O)c4C=O)cn(C)c3=O)cc2C1. The van der Waals surface area contributed by atoms with Crippen LogP contribution in [-0.4, -0.2) is 74.3 Å². The maximum absolute atomic E-state index is 13.8. The van der Waals surface area contributed by atoms with Crippen molar-refractivity contribution >= 4 is 29.4 Å². The highest BCUT2D eigenvalue weighted by molar-refractivity contribution is 6.09. The molecule has 2 aliphatic heterocycles. The molecule has 0 unspecified atom stereocenters. The summed E-state index contributed by atoms with van der Waals surface area (Å²) < 4.78 is 10.8. The number of hydrogen-bond acceptors (Lipinski definition) is 8. The third kappa shape index (κ3) is 5.17. The molecule has 6 heterocycles. The van der Waals surface area contributed by atoms with Gasteiger partial charge in [0.25, 0.3) is 11.5 Å². The number of methoxy groups -OCH3 is 1. The Hall–Kier alpha value is -4.55. The smallest absolute Gasteiger partial charge is 0.275 e. The fourth-order valence-electron chi connectivity index (χ4n) is 7.05. The Morgan fingerprint density at radius 1 is 1.07 bits per heavy atom. The van der Waals surface area contributed by atoms with E-state index in [1.807, 2.05) is 16.8 Å². The lowest BCUT2D eigenvalue weighted by Gasteiger charge is -2.31. The molecular weight excluding hydrogens is 572 g/mol. The summed E-state index contributed by atoms with van der Waals surface area (Å²) in [6, 6.07) is 5.69. The molecule has 0 radical (unpaired) electrons. The second-order valence-corrected chi connectivity index (χ2v) is 13.1. The lowest BCUT2D eigenvalue weighted by Crippen LogP contribution is -2.41. The first-order valence-corrected chi connectivity index (χ1v) is 15.4. The van der Waals surface area contributed by atoms with E-state index in [2.05, 4.69) is 38.7 Å². The van der Waals surface area contributed by atoms with Crippen molar-refractivity contribution < 1.29 is 14.3 Å². The predicted octanol–water partition coefficient (Wildman–Crippen LogP) is 3.25. The molecule has 0 aromatic carbocycles. The highest BCUT2D eigenvalue weighted by Gasteiger charge is 2.37. The average molecular weight is 611 g/mol. The lowest BCUT2D eigenvalue weighted by molar-refractivity contribution is 0.0964. The molecule has 0 saturated carbocycles. The maximum atomic E-state index is 13.8. The van der Waals surface area contributed by atoms with Crippen molar-refractivity contribution in [2.45, 2.75) is 46.3 Å². The van der Waals surface area contributed by atoms with E-state index in [1.54, 1.807) is 43.7 Å². The van der Waals surface area contributed by atoms with Gasteiger partial charge in [-0.2, -0.15) is 5.10 Å². The van der Waals surface area contributed by atoms with Gasteiger partial charge in [0, 0.05) is 87.7 Å². The van der Waals surface area contributed by atoms with Crippen LogP contribution in [0.4, 0.5) is 17.2 Å². The number of rotatable bonds is 8. The third-order valence-electron chi connectivity index (χ3n) is 9.25. The van der Waals surface area contributed by atoms with Crippen LogP contribution in [0.25, 0.3) is 11.1 Å². The number of carbonyl (C=O) groups excluding carboxylic acids is 2. The average Bonchev–Trinajstić information content (AvgIpc) is 3.67. The molecule has 234 valence electrons. The second kappa shape index (κ2) is 11.1. The Labute approximate surface area is 261 Å². The summed E-state index contributed by atoms with van der Waals surface area (Å²) in [5.41, 5.74) is 6.46. The van der Waals surface area contributed by atoms with Gasteiger partial charge in [-0.25, -0.2) is 0 Å². The molecule has 12 nitrogen and oxygen atoms in total. The van der Waals surface area contributed by atoms with Crippen LogP contribution >= 0.6 is 0 Å². The molecule has 1 amide bonds. The van der Waals surface area contributed by atoms with Crippen molar-refractivity contribution in [3.63, 3.8) is 0 Å². The van der Waals surface area contributed by atoms with Crippen molar-refractivity contribution in [3.05, 3.63) is 75.4 Å². The van der Waals surface area contributed by atoms with E-state index in [1.165, 1.54) is 15.8 Å². The number of amides is 1. The first kappa shape index (κ1) is 29.2. The largest absolute Gasteiger partial charge is 0.383 e. The minimum atomic E-state index is -0.230. The minimum Gasteiger partial charge on any atom is -0.383 e. The highest BCUT2D eigenvalue weighted by atomic mass is 16.5. The molecule has 0 saturated heterocycles. The minimum absolute atomic E-state index is 0.136. The molecule has 4 aromatic rings. The number of hydrogen-bond donors (Lipinski definition) is 1. The van der Waals surface area contributed by atoms with E-state index in [9.17, 15) is 14.4 Å². The molecule has 0 atom stereocenters. The number of nitrogens with one attached hydrogen (secondary N) is 1. The Bertz CT molecular complexity index is 1880. The van der Waals surface area contributed by atoms with Crippen LogP contribution in [0, 0.1) is 5.41 Å². The van der Waals surface area contributed by atoms with Gasteiger partial charge in [-0.15, -0.1) is 0 Å². The quantitative estimate of drug-likeness (QED) is 0.302.